The van der Waals surface area contributed by atoms with E-state index in [-0.39, 0.29) is 38.2 Å². The Labute approximate surface area is 608 Å². The second kappa shape index (κ2) is 79.4. The summed E-state index contributed by atoms with van der Waals surface area (Å²) in [6.07, 6.45) is 105. The number of carbonyl (C=O) groups is 3. The molecule has 0 saturated heterocycles. The number of hydrogen-bond acceptors (Lipinski definition) is 7. The Morgan fingerprint density at radius 2 is 0.582 bits per heavy atom. The zero-order valence-corrected chi connectivity index (χ0v) is 65.7. The first kappa shape index (κ1) is 94.7. The van der Waals surface area contributed by atoms with E-state index in [0.29, 0.717) is 17.4 Å². The Bertz CT molecular complexity index is 1850. The molecule has 0 aromatic carbocycles. The summed E-state index contributed by atoms with van der Waals surface area (Å²) in [6, 6.07) is 0. The van der Waals surface area contributed by atoms with E-state index in [0.717, 1.165) is 77.0 Å². The van der Waals surface area contributed by atoms with Gasteiger partial charge in [-0.05, 0) is 64.2 Å². The highest BCUT2D eigenvalue weighted by Crippen LogP contribution is 2.20. The Morgan fingerprint density at radius 3 is 0.867 bits per heavy atom. The molecular formula is C89H164NO8+. The molecule has 0 bridgehead atoms. The van der Waals surface area contributed by atoms with E-state index in [2.05, 4.69) is 86.8 Å². The molecule has 98 heavy (non-hydrogen) atoms. The largest absolute Gasteiger partial charge is 0.477 e. The fourth-order valence-electron chi connectivity index (χ4n) is 12.8. The van der Waals surface area contributed by atoms with E-state index in [4.69, 9.17) is 18.9 Å². The van der Waals surface area contributed by atoms with Crippen molar-refractivity contribution in [3.63, 3.8) is 0 Å². The smallest absolute Gasteiger partial charge is 0.361 e. The molecule has 0 aromatic rings. The molecule has 0 rings (SSSR count). The molecule has 0 aliphatic carbocycles. The van der Waals surface area contributed by atoms with Crippen molar-refractivity contribution in [2.24, 2.45) is 0 Å². The van der Waals surface area contributed by atoms with Gasteiger partial charge in [0.25, 0.3) is 6.29 Å². The van der Waals surface area contributed by atoms with E-state index in [9.17, 15) is 19.5 Å². The van der Waals surface area contributed by atoms with Crippen LogP contribution in [0.15, 0.2) is 72.9 Å². The Kier molecular flexibility index (Phi) is 76.8. The highest BCUT2D eigenvalue weighted by atomic mass is 16.7. The molecule has 0 radical (unpaired) electrons. The number of esters is 2. The number of allylic oxidation sites excluding steroid dienone is 12. The van der Waals surface area contributed by atoms with Crippen LogP contribution >= 0.6 is 0 Å². The average molecular weight is 1380 g/mol. The van der Waals surface area contributed by atoms with Crippen molar-refractivity contribution in [1.29, 1.82) is 0 Å². The maximum Gasteiger partial charge on any atom is 0.361 e. The lowest BCUT2D eigenvalue weighted by Crippen LogP contribution is -2.40. The zero-order valence-electron chi connectivity index (χ0n) is 65.7. The van der Waals surface area contributed by atoms with Gasteiger partial charge in [-0.2, -0.15) is 0 Å². The summed E-state index contributed by atoms with van der Waals surface area (Å²) in [5.74, 6) is -1.97. The number of unbranched alkanes of at least 4 members (excludes halogenated alkanes) is 53. The van der Waals surface area contributed by atoms with Crippen LogP contribution in [0.3, 0.4) is 0 Å². The third kappa shape index (κ3) is 80.0. The van der Waals surface area contributed by atoms with Gasteiger partial charge in [-0.15, -0.1) is 0 Å². The number of carbonyl (C=O) groups excluding carboxylic acids is 2. The summed E-state index contributed by atoms with van der Waals surface area (Å²) < 4.78 is 23.1. The number of quaternary nitrogens is 1. The fraction of sp³-hybridized carbons (Fsp3) is 0.831. The van der Waals surface area contributed by atoms with Crippen LogP contribution in [0, 0.1) is 0 Å². The lowest BCUT2D eigenvalue weighted by Gasteiger charge is -2.25. The number of aliphatic carboxylic acids is 1. The van der Waals surface area contributed by atoms with Gasteiger partial charge < -0.3 is 28.5 Å². The van der Waals surface area contributed by atoms with Gasteiger partial charge in [0.2, 0.25) is 0 Å². The normalized spacial score (nSPS) is 12.9. The molecular weight excluding hydrogens is 1210 g/mol. The molecule has 0 spiro atoms. The minimum Gasteiger partial charge on any atom is -0.477 e. The number of nitrogens with zero attached hydrogens (tertiary/aromatic N) is 1. The first-order valence-electron chi connectivity index (χ1n) is 42.6. The lowest BCUT2D eigenvalue weighted by molar-refractivity contribution is -0.870. The van der Waals surface area contributed by atoms with Gasteiger partial charge in [-0.25, -0.2) is 4.79 Å². The van der Waals surface area contributed by atoms with Crippen LogP contribution in [-0.2, 0) is 33.3 Å². The number of hydrogen-bond donors (Lipinski definition) is 1. The van der Waals surface area contributed by atoms with E-state index >= 15 is 0 Å². The Hall–Kier alpha value is -3.27. The second-order valence-electron chi connectivity index (χ2n) is 30.1. The topological polar surface area (TPSA) is 108 Å². The molecule has 572 valence electrons. The van der Waals surface area contributed by atoms with Gasteiger partial charge in [0.15, 0.2) is 6.10 Å². The SMILES string of the molecule is CC/C=C\C/C=C\C/C=C\C/C=C\C/C=C\C/C=C\CCCCCCCCCCCCCCCCCCCCC(=O)OC(COC(=O)CCCCCCCCCCCCCCCCCCCCCCCCCCCCCCCCCCCCCC)COC(OCC[N+](C)(C)C)C(=O)O. The third-order valence-electron chi connectivity index (χ3n) is 19.2. The Balaban J connectivity index is 3.95. The average Bonchev–Trinajstić information content (AvgIpc) is 1.26. The van der Waals surface area contributed by atoms with Gasteiger partial charge in [0.05, 0.1) is 34.4 Å². The molecule has 0 fully saturated rings. The summed E-state index contributed by atoms with van der Waals surface area (Å²) in [5, 5.41) is 9.79. The van der Waals surface area contributed by atoms with Crippen LogP contribution in [0.5, 0.6) is 0 Å². The highest BCUT2D eigenvalue weighted by molar-refractivity contribution is 5.71. The van der Waals surface area contributed by atoms with Crippen molar-refractivity contribution in [2.75, 3.05) is 47.5 Å². The van der Waals surface area contributed by atoms with Crippen molar-refractivity contribution < 1.29 is 42.9 Å². The van der Waals surface area contributed by atoms with Gasteiger partial charge in [-0.3, -0.25) is 9.59 Å². The number of carboxylic acids is 1. The summed E-state index contributed by atoms with van der Waals surface area (Å²) in [4.78, 5) is 37.8. The van der Waals surface area contributed by atoms with Gasteiger partial charge in [-0.1, -0.05) is 414 Å². The van der Waals surface area contributed by atoms with Gasteiger partial charge in [0, 0.05) is 12.8 Å². The lowest BCUT2D eigenvalue weighted by atomic mass is 10.0. The summed E-state index contributed by atoms with van der Waals surface area (Å²) in [5.41, 5.74) is 0. The van der Waals surface area contributed by atoms with E-state index in [1.807, 2.05) is 21.1 Å². The minimum atomic E-state index is -1.51. The summed E-state index contributed by atoms with van der Waals surface area (Å²) in [6.45, 7) is 4.84. The molecule has 0 amide bonds. The van der Waals surface area contributed by atoms with Crippen LogP contribution in [0.1, 0.15) is 418 Å². The predicted molar refractivity (Wildman–Crippen MR) is 424 cm³/mol. The van der Waals surface area contributed by atoms with Crippen LogP contribution in [0.4, 0.5) is 0 Å². The van der Waals surface area contributed by atoms with E-state index in [1.165, 1.54) is 315 Å². The van der Waals surface area contributed by atoms with Crippen molar-refractivity contribution in [1.82, 2.24) is 0 Å². The Morgan fingerprint density at radius 1 is 0.316 bits per heavy atom. The molecule has 2 unspecified atom stereocenters. The van der Waals surface area contributed by atoms with Gasteiger partial charge >= 0.3 is 17.9 Å². The van der Waals surface area contributed by atoms with Crippen molar-refractivity contribution in [3.05, 3.63) is 72.9 Å². The van der Waals surface area contributed by atoms with E-state index < -0.39 is 18.4 Å². The zero-order chi connectivity index (χ0) is 71.1. The third-order valence-corrected chi connectivity index (χ3v) is 19.2. The predicted octanol–water partition coefficient (Wildman–Crippen LogP) is 27.5. The van der Waals surface area contributed by atoms with E-state index in [1.54, 1.807) is 0 Å². The monoisotopic (exact) mass is 1380 g/mol. The molecule has 0 aliphatic rings. The van der Waals surface area contributed by atoms with Crippen molar-refractivity contribution >= 4 is 17.9 Å². The number of carboxylic acid groups (broad SMARTS) is 1. The number of rotatable bonds is 80. The maximum absolute atomic E-state index is 13.0. The number of ether oxygens (including phenoxy) is 4. The molecule has 1 N–H and O–H groups in total. The van der Waals surface area contributed by atoms with Crippen LogP contribution in [0.2, 0.25) is 0 Å². The number of likely N-dealkylation sites (N-methyl/N-ethyl adjacent to an activating group) is 1. The standard InChI is InChI=1S/C89H163NO8/c1-6-8-10-12-14-16-18-20-22-24-26-28-30-32-34-36-38-40-42-44-46-48-50-52-54-56-58-60-62-64-66-68-70-72-74-76-78-80-87(92)98-85(84-97-89(88(93)94)95-82-81-90(3,4)5)83-96-86(91)79-77-75-73-71-69-67-65-63-61-59-57-55-53-51-49-47-45-43-41-39-37-35-33-31-29-27-25-23-21-19-17-15-13-11-9-7-2/h8,10,14,16,20,22,26,28,32,34,38,40,85,89H,6-7,9,11-13,15,17-19,21,23-25,27,29-31,33,35-37,39,41-84H2,1-5H3/p+1/b10-8-,16-14-,22-20-,28-26-,34-32-,40-38-. The molecule has 0 saturated carbocycles. The summed E-state index contributed by atoms with van der Waals surface area (Å²) >= 11 is 0. The fourth-order valence-corrected chi connectivity index (χ4v) is 12.8. The van der Waals surface area contributed by atoms with Crippen LogP contribution in [-0.4, -0.2) is 87.4 Å². The summed E-state index contributed by atoms with van der Waals surface area (Å²) in [7, 11) is 6.00. The van der Waals surface area contributed by atoms with Gasteiger partial charge in [0.1, 0.15) is 13.2 Å². The molecule has 2 atom stereocenters. The second-order valence-corrected chi connectivity index (χ2v) is 30.1. The minimum absolute atomic E-state index is 0.177. The molecule has 0 aliphatic heterocycles. The quantitative estimate of drug-likeness (QED) is 0.0211. The van der Waals surface area contributed by atoms with Crippen molar-refractivity contribution in [3.8, 4) is 0 Å². The first-order valence-corrected chi connectivity index (χ1v) is 42.6. The van der Waals surface area contributed by atoms with Crippen LogP contribution < -0.4 is 0 Å². The molecule has 0 aromatic heterocycles. The molecule has 9 heteroatoms. The first-order chi connectivity index (χ1) is 48.1. The van der Waals surface area contributed by atoms with Crippen LogP contribution in [0.25, 0.3) is 0 Å². The molecule has 0 heterocycles. The highest BCUT2D eigenvalue weighted by Gasteiger charge is 2.25. The maximum atomic E-state index is 13.0. The molecule has 9 nitrogen and oxygen atoms in total. The van der Waals surface area contributed by atoms with Crippen molar-refractivity contribution in [2.45, 2.75) is 431 Å².